The Labute approximate surface area is 174 Å². The van der Waals surface area contributed by atoms with E-state index in [0.29, 0.717) is 5.96 Å². The summed E-state index contributed by atoms with van der Waals surface area (Å²) in [7, 11) is 1.70. The molecule has 6 heteroatoms. The topological polar surface area (TPSA) is 66.1 Å². The highest BCUT2D eigenvalue weighted by Gasteiger charge is 2.16. The number of rotatable bonds is 8. The number of aliphatic imine (C=N–C) groups is 1. The Bertz CT molecular complexity index is 765. The van der Waals surface area contributed by atoms with Crippen molar-refractivity contribution < 1.29 is 4.74 Å². The van der Waals surface area contributed by atoms with E-state index < -0.39 is 0 Å². The second kappa shape index (κ2) is 10.7. The van der Waals surface area contributed by atoms with Gasteiger partial charge < -0.3 is 20.7 Å². The molecule has 0 atom stereocenters. The summed E-state index contributed by atoms with van der Waals surface area (Å²) in [5.74, 6) is 1.39. The highest BCUT2D eigenvalue weighted by molar-refractivity contribution is 5.92. The number of nitrogens with two attached hydrogens (primary N) is 1. The monoisotopic (exact) mass is 395 g/mol. The van der Waals surface area contributed by atoms with Crippen LogP contribution >= 0.6 is 0 Å². The maximum Gasteiger partial charge on any atom is 0.193 e. The number of benzene rings is 2. The summed E-state index contributed by atoms with van der Waals surface area (Å²) in [4.78, 5) is 9.39. The Hall–Kier alpha value is -2.73. The van der Waals surface area contributed by atoms with E-state index in [9.17, 15) is 0 Å². The van der Waals surface area contributed by atoms with Crippen molar-refractivity contribution in [3.63, 3.8) is 0 Å². The van der Waals surface area contributed by atoms with Gasteiger partial charge in [-0.15, -0.1) is 0 Å². The summed E-state index contributed by atoms with van der Waals surface area (Å²) >= 11 is 0. The molecule has 29 heavy (non-hydrogen) atoms. The van der Waals surface area contributed by atoms with Gasteiger partial charge in [-0.2, -0.15) is 0 Å². The van der Waals surface area contributed by atoms with Crippen LogP contribution in [0.4, 0.5) is 11.4 Å². The SMILES string of the molecule is CCc1ccc(NC(N)=NCCCN2CCN(c3ccc(OC)cc3)CC2)cc1. The Morgan fingerprint density at radius 1 is 1.03 bits per heavy atom. The molecule has 1 heterocycles. The highest BCUT2D eigenvalue weighted by atomic mass is 16.5. The third kappa shape index (κ3) is 6.39. The predicted molar refractivity (Wildman–Crippen MR) is 122 cm³/mol. The Balaban J connectivity index is 1.35. The first kappa shape index (κ1) is 21.0. The quantitative estimate of drug-likeness (QED) is 0.408. The van der Waals surface area contributed by atoms with E-state index >= 15 is 0 Å². The molecular weight excluding hydrogens is 362 g/mol. The summed E-state index contributed by atoms with van der Waals surface area (Å²) in [6, 6.07) is 16.6. The molecule has 0 amide bonds. The second-order valence-corrected chi connectivity index (χ2v) is 7.32. The third-order valence-electron chi connectivity index (χ3n) is 5.36. The molecular formula is C23H33N5O. The molecule has 1 fully saturated rings. The van der Waals surface area contributed by atoms with E-state index in [1.807, 2.05) is 24.3 Å². The van der Waals surface area contributed by atoms with Crippen molar-refractivity contribution in [2.45, 2.75) is 19.8 Å². The van der Waals surface area contributed by atoms with Crippen molar-refractivity contribution in [1.82, 2.24) is 4.90 Å². The summed E-state index contributed by atoms with van der Waals surface area (Å²) < 4.78 is 5.24. The standard InChI is InChI=1S/C23H33N5O/c1-3-19-5-7-20(8-6-19)26-23(24)25-13-4-14-27-15-17-28(18-16-27)21-9-11-22(29-2)12-10-21/h5-12H,3-4,13-18H2,1-2H3,(H3,24,25,26). The first-order valence-electron chi connectivity index (χ1n) is 10.4. The van der Waals surface area contributed by atoms with Crippen molar-refractivity contribution in [3.8, 4) is 5.75 Å². The summed E-state index contributed by atoms with van der Waals surface area (Å²) in [6.45, 7) is 8.20. The van der Waals surface area contributed by atoms with Crippen LogP contribution in [0.5, 0.6) is 5.75 Å². The van der Waals surface area contributed by atoms with E-state index in [1.54, 1.807) is 7.11 Å². The molecule has 0 saturated carbocycles. The van der Waals surface area contributed by atoms with E-state index in [-0.39, 0.29) is 0 Å². The fraction of sp³-hybridized carbons (Fsp3) is 0.435. The number of ether oxygens (including phenoxy) is 1. The Morgan fingerprint density at radius 3 is 2.34 bits per heavy atom. The lowest BCUT2D eigenvalue weighted by molar-refractivity contribution is 0.256. The van der Waals surface area contributed by atoms with Crippen LogP contribution in [0.2, 0.25) is 0 Å². The van der Waals surface area contributed by atoms with E-state index in [1.165, 1.54) is 11.3 Å². The minimum atomic E-state index is 0.485. The molecule has 1 aliphatic rings. The lowest BCUT2D eigenvalue weighted by Gasteiger charge is -2.36. The number of hydrogen-bond acceptors (Lipinski definition) is 4. The molecule has 0 spiro atoms. The fourth-order valence-corrected chi connectivity index (χ4v) is 3.53. The number of nitrogens with zero attached hydrogens (tertiary/aromatic N) is 3. The van der Waals surface area contributed by atoms with E-state index in [4.69, 9.17) is 10.5 Å². The van der Waals surface area contributed by atoms with Gasteiger partial charge in [0.25, 0.3) is 0 Å². The largest absolute Gasteiger partial charge is 0.497 e. The number of methoxy groups -OCH3 is 1. The third-order valence-corrected chi connectivity index (χ3v) is 5.36. The van der Waals surface area contributed by atoms with Crippen molar-refractivity contribution in [2.24, 2.45) is 10.7 Å². The van der Waals surface area contributed by atoms with Gasteiger partial charge in [-0.05, 0) is 54.8 Å². The number of aryl methyl sites for hydroxylation is 1. The van der Waals surface area contributed by atoms with Crippen LogP contribution in [0.3, 0.4) is 0 Å². The molecule has 156 valence electrons. The molecule has 3 N–H and O–H groups in total. The molecule has 0 radical (unpaired) electrons. The molecule has 2 aromatic carbocycles. The van der Waals surface area contributed by atoms with Gasteiger partial charge in [0.2, 0.25) is 0 Å². The molecule has 1 aliphatic heterocycles. The maximum absolute atomic E-state index is 6.01. The van der Waals surface area contributed by atoms with E-state index in [0.717, 1.165) is 63.5 Å². The Morgan fingerprint density at radius 2 is 1.72 bits per heavy atom. The minimum absolute atomic E-state index is 0.485. The predicted octanol–water partition coefficient (Wildman–Crippen LogP) is 3.20. The zero-order chi connectivity index (χ0) is 20.5. The van der Waals surface area contributed by atoms with Crippen molar-refractivity contribution in [1.29, 1.82) is 0 Å². The zero-order valence-corrected chi connectivity index (χ0v) is 17.6. The molecule has 0 bridgehead atoms. The average molecular weight is 396 g/mol. The van der Waals surface area contributed by atoms with Gasteiger partial charge in [-0.25, -0.2) is 0 Å². The normalized spacial score (nSPS) is 15.4. The second-order valence-electron chi connectivity index (χ2n) is 7.32. The molecule has 1 saturated heterocycles. The smallest absolute Gasteiger partial charge is 0.193 e. The maximum atomic E-state index is 6.01. The first-order chi connectivity index (χ1) is 14.2. The fourth-order valence-electron chi connectivity index (χ4n) is 3.53. The first-order valence-corrected chi connectivity index (χ1v) is 10.4. The molecule has 6 nitrogen and oxygen atoms in total. The number of guanidine groups is 1. The number of anilines is 2. The number of nitrogens with one attached hydrogen (secondary N) is 1. The van der Waals surface area contributed by atoms with Gasteiger partial charge in [0, 0.05) is 50.6 Å². The van der Waals surface area contributed by atoms with Crippen LogP contribution < -0.4 is 20.7 Å². The van der Waals surface area contributed by atoms with Crippen LogP contribution in [0.15, 0.2) is 53.5 Å². The Kier molecular flexibility index (Phi) is 7.76. The lowest BCUT2D eigenvalue weighted by Crippen LogP contribution is -2.46. The van der Waals surface area contributed by atoms with Crippen LogP contribution in [0.1, 0.15) is 18.9 Å². The number of hydrogen-bond donors (Lipinski definition) is 2. The van der Waals surface area contributed by atoms with Gasteiger partial charge >= 0.3 is 0 Å². The molecule has 3 rings (SSSR count). The highest BCUT2D eigenvalue weighted by Crippen LogP contribution is 2.20. The summed E-state index contributed by atoms with van der Waals surface area (Å²) in [6.07, 6.45) is 2.05. The molecule has 0 aromatic heterocycles. The van der Waals surface area contributed by atoms with E-state index in [2.05, 4.69) is 51.3 Å². The van der Waals surface area contributed by atoms with Gasteiger partial charge in [-0.1, -0.05) is 19.1 Å². The van der Waals surface area contributed by atoms with Crippen LogP contribution in [0.25, 0.3) is 0 Å². The van der Waals surface area contributed by atoms with Crippen molar-refractivity contribution >= 4 is 17.3 Å². The zero-order valence-electron chi connectivity index (χ0n) is 17.6. The van der Waals surface area contributed by atoms with Gasteiger partial charge in [0.1, 0.15) is 5.75 Å². The van der Waals surface area contributed by atoms with Gasteiger partial charge in [-0.3, -0.25) is 9.89 Å². The van der Waals surface area contributed by atoms with Crippen LogP contribution in [-0.2, 0) is 6.42 Å². The van der Waals surface area contributed by atoms with Crippen molar-refractivity contribution in [3.05, 3.63) is 54.1 Å². The minimum Gasteiger partial charge on any atom is -0.497 e. The molecule has 0 unspecified atom stereocenters. The average Bonchev–Trinajstić information content (AvgIpc) is 2.78. The summed E-state index contributed by atoms with van der Waals surface area (Å²) in [5.41, 5.74) is 9.58. The summed E-state index contributed by atoms with van der Waals surface area (Å²) in [5, 5.41) is 3.16. The lowest BCUT2D eigenvalue weighted by atomic mass is 10.1. The van der Waals surface area contributed by atoms with Crippen LogP contribution in [0, 0.1) is 0 Å². The molecule has 2 aromatic rings. The number of piperazine rings is 1. The van der Waals surface area contributed by atoms with Crippen molar-refractivity contribution in [2.75, 3.05) is 56.6 Å². The van der Waals surface area contributed by atoms with Gasteiger partial charge in [0.05, 0.1) is 7.11 Å². The van der Waals surface area contributed by atoms with Crippen LogP contribution in [-0.4, -0.2) is 57.2 Å². The van der Waals surface area contributed by atoms with Gasteiger partial charge in [0.15, 0.2) is 5.96 Å². The molecule has 0 aliphatic carbocycles.